The molecule has 0 aliphatic heterocycles. The minimum atomic E-state index is 0.0520. The first-order valence-corrected chi connectivity index (χ1v) is 6.72. The maximum Gasteiger partial charge on any atom is 0.198 e. The number of nitrogens with zero attached hydrogens (tertiary/aromatic N) is 1. The molecule has 1 aromatic carbocycles. The van der Waals surface area contributed by atoms with Gasteiger partial charge in [-0.2, -0.15) is 0 Å². The van der Waals surface area contributed by atoms with Crippen LogP contribution in [0, 0.1) is 0 Å². The molecule has 0 aliphatic rings. The summed E-state index contributed by atoms with van der Waals surface area (Å²) in [6.07, 6.45) is 1.75. The SMILES string of the molecule is CC(C)OC(=S)COc1ccc(Cl)c2cccnc12. The van der Waals surface area contributed by atoms with Crippen molar-refractivity contribution < 1.29 is 9.47 Å². The summed E-state index contributed by atoms with van der Waals surface area (Å²) in [6, 6.07) is 7.31. The first kappa shape index (κ1) is 14.0. The largest absolute Gasteiger partial charge is 0.482 e. The van der Waals surface area contributed by atoms with Crippen LogP contribution in [0.1, 0.15) is 13.8 Å². The van der Waals surface area contributed by atoms with Gasteiger partial charge >= 0.3 is 0 Å². The van der Waals surface area contributed by atoms with Crippen LogP contribution >= 0.6 is 23.8 Å². The Morgan fingerprint density at radius 2 is 2.16 bits per heavy atom. The van der Waals surface area contributed by atoms with Gasteiger partial charge in [-0.05, 0) is 50.3 Å². The van der Waals surface area contributed by atoms with Crippen LogP contribution in [0.15, 0.2) is 30.5 Å². The average molecular weight is 296 g/mol. The summed E-state index contributed by atoms with van der Waals surface area (Å²) in [5, 5.41) is 1.93. The van der Waals surface area contributed by atoms with Gasteiger partial charge in [-0.25, -0.2) is 0 Å². The number of benzene rings is 1. The van der Waals surface area contributed by atoms with E-state index in [1.54, 1.807) is 18.3 Å². The molecule has 0 unspecified atom stereocenters. The summed E-state index contributed by atoms with van der Waals surface area (Å²) in [6.45, 7) is 4.07. The standard InChI is InChI=1S/C14H14ClNO2S/c1-9(2)18-13(19)8-17-12-6-5-11(15)10-4-3-7-16-14(10)12/h3-7,9H,8H2,1-2H3. The van der Waals surface area contributed by atoms with Gasteiger partial charge in [0.05, 0.1) is 11.1 Å². The van der Waals surface area contributed by atoms with Crippen LogP contribution in [-0.4, -0.2) is 22.7 Å². The zero-order valence-corrected chi connectivity index (χ0v) is 12.3. The van der Waals surface area contributed by atoms with Crippen LogP contribution in [0.3, 0.4) is 0 Å². The molecule has 0 radical (unpaired) electrons. The van der Waals surface area contributed by atoms with E-state index in [0.717, 1.165) is 10.9 Å². The van der Waals surface area contributed by atoms with Crippen LogP contribution in [-0.2, 0) is 4.74 Å². The Balaban J connectivity index is 2.17. The van der Waals surface area contributed by atoms with E-state index in [1.807, 2.05) is 26.0 Å². The van der Waals surface area contributed by atoms with Crippen molar-refractivity contribution in [3.05, 3.63) is 35.5 Å². The molecule has 0 bridgehead atoms. The summed E-state index contributed by atoms with van der Waals surface area (Å²) >= 11 is 11.2. The summed E-state index contributed by atoms with van der Waals surface area (Å²) in [4.78, 5) is 4.29. The highest BCUT2D eigenvalue weighted by Gasteiger charge is 2.08. The van der Waals surface area contributed by atoms with E-state index in [2.05, 4.69) is 4.98 Å². The van der Waals surface area contributed by atoms with Crippen molar-refractivity contribution in [2.45, 2.75) is 20.0 Å². The molecule has 0 atom stereocenters. The minimum absolute atomic E-state index is 0.0520. The molecule has 0 spiro atoms. The highest BCUT2D eigenvalue weighted by atomic mass is 35.5. The predicted molar refractivity (Wildman–Crippen MR) is 81.1 cm³/mol. The van der Waals surface area contributed by atoms with E-state index in [4.69, 9.17) is 33.3 Å². The van der Waals surface area contributed by atoms with Gasteiger partial charge in [0.15, 0.2) is 11.7 Å². The van der Waals surface area contributed by atoms with Gasteiger partial charge in [0.1, 0.15) is 11.3 Å². The number of rotatable bonds is 4. The van der Waals surface area contributed by atoms with Gasteiger partial charge in [0.25, 0.3) is 0 Å². The van der Waals surface area contributed by atoms with Crippen molar-refractivity contribution in [2.75, 3.05) is 6.61 Å². The Hall–Kier alpha value is -1.39. The lowest BCUT2D eigenvalue weighted by Crippen LogP contribution is -2.17. The van der Waals surface area contributed by atoms with Gasteiger partial charge in [-0.1, -0.05) is 11.6 Å². The number of aromatic nitrogens is 1. The van der Waals surface area contributed by atoms with E-state index in [-0.39, 0.29) is 12.7 Å². The van der Waals surface area contributed by atoms with Crippen molar-refractivity contribution in [3.8, 4) is 5.75 Å². The maximum absolute atomic E-state index is 6.11. The molecule has 0 saturated carbocycles. The maximum atomic E-state index is 6.11. The third-order valence-electron chi connectivity index (χ3n) is 2.39. The fourth-order valence-electron chi connectivity index (χ4n) is 1.66. The second-order valence-corrected chi connectivity index (χ2v) is 5.13. The summed E-state index contributed by atoms with van der Waals surface area (Å²) in [7, 11) is 0. The lowest BCUT2D eigenvalue weighted by molar-refractivity contribution is 0.212. The van der Waals surface area contributed by atoms with E-state index in [1.165, 1.54) is 0 Å². The van der Waals surface area contributed by atoms with Crippen LogP contribution in [0.25, 0.3) is 10.9 Å². The van der Waals surface area contributed by atoms with Crippen molar-refractivity contribution in [1.82, 2.24) is 4.98 Å². The van der Waals surface area contributed by atoms with Gasteiger partial charge < -0.3 is 9.47 Å². The summed E-state index contributed by atoms with van der Waals surface area (Å²) in [5.74, 6) is 0.648. The van der Waals surface area contributed by atoms with E-state index in [9.17, 15) is 0 Å². The molecule has 2 aromatic rings. The molecule has 3 nitrogen and oxygen atoms in total. The number of thiocarbonyl (C=S) groups is 1. The third kappa shape index (κ3) is 3.55. The molecule has 0 fully saturated rings. The zero-order chi connectivity index (χ0) is 13.8. The van der Waals surface area contributed by atoms with Gasteiger partial charge in [0, 0.05) is 11.6 Å². The quantitative estimate of drug-likeness (QED) is 0.797. The molecular formula is C14H14ClNO2S. The van der Waals surface area contributed by atoms with Crippen molar-refractivity contribution >= 4 is 39.8 Å². The van der Waals surface area contributed by atoms with Crippen molar-refractivity contribution in [1.29, 1.82) is 0 Å². The highest BCUT2D eigenvalue weighted by molar-refractivity contribution is 7.80. The van der Waals surface area contributed by atoms with Gasteiger partial charge in [0.2, 0.25) is 0 Å². The number of fused-ring (bicyclic) bond motifs is 1. The average Bonchev–Trinajstić information content (AvgIpc) is 2.37. The van der Waals surface area contributed by atoms with Crippen molar-refractivity contribution in [2.24, 2.45) is 0 Å². The molecule has 0 amide bonds. The Kier molecular flexibility index (Phi) is 4.56. The van der Waals surface area contributed by atoms with Gasteiger partial charge in [-0.3, -0.25) is 4.98 Å². The van der Waals surface area contributed by atoms with E-state index in [0.29, 0.717) is 15.8 Å². The number of pyridine rings is 1. The number of hydrogen-bond donors (Lipinski definition) is 0. The fourth-order valence-corrected chi connectivity index (χ4v) is 2.13. The molecule has 2 rings (SSSR count). The highest BCUT2D eigenvalue weighted by Crippen LogP contribution is 2.29. The molecule has 1 heterocycles. The number of halogens is 1. The lowest BCUT2D eigenvalue weighted by Gasteiger charge is -2.13. The minimum Gasteiger partial charge on any atom is -0.482 e. The summed E-state index contributed by atoms with van der Waals surface area (Å²) < 4.78 is 11.0. The van der Waals surface area contributed by atoms with Crippen LogP contribution in [0.5, 0.6) is 5.75 Å². The number of ether oxygens (including phenoxy) is 2. The predicted octanol–water partition coefficient (Wildman–Crippen LogP) is 4.02. The molecule has 0 aliphatic carbocycles. The third-order valence-corrected chi connectivity index (χ3v) is 2.94. The monoisotopic (exact) mass is 295 g/mol. The number of hydrogen-bond acceptors (Lipinski definition) is 4. The zero-order valence-electron chi connectivity index (χ0n) is 10.7. The molecule has 5 heteroatoms. The molecule has 0 saturated heterocycles. The lowest BCUT2D eigenvalue weighted by atomic mass is 10.2. The normalized spacial score (nSPS) is 10.7. The Morgan fingerprint density at radius 1 is 1.37 bits per heavy atom. The Bertz CT molecular complexity index is 601. The van der Waals surface area contributed by atoms with Crippen LogP contribution in [0.4, 0.5) is 0 Å². The van der Waals surface area contributed by atoms with Crippen molar-refractivity contribution in [3.63, 3.8) is 0 Å². The van der Waals surface area contributed by atoms with E-state index >= 15 is 0 Å². The molecule has 19 heavy (non-hydrogen) atoms. The Morgan fingerprint density at radius 3 is 2.89 bits per heavy atom. The smallest absolute Gasteiger partial charge is 0.198 e. The molecule has 100 valence electrons. The second kappa shape index (κ2) is 6.17. The topological polar surface area (TPSA) is 31.4 Å². The summed E-state index contributed by atoms with van der Waals surface area (Å²) in [5.41, 5.74) is 0.724. The molecule has 1 aromatic heterocycles. The Labute approximate surface area is 122 Å². The fraction of sp³-hybridized carbons (Fsp3) is 0.286. The van der Waals surface area contributed by atoms with Gasteiger partial charge in [-0.15, -0.1) is 0 Å². The van der Waals surface area contributed by atoms with Crippen LogP contribution in [0.2, 0.25) is 5.02 Å². The molecular weight excluding hydrogens is 282 g/mol. The first-order chi connectivity index (χ1) is 9.08. The molecule has 0 N–H and O–H groups in total. The second-order valence-electron chi connectivity index (χ2n) is 4.27. The van der Waals surface area contributed by atoms with Crippen LogP contribution < -0.4 is 4.74 Å². The van der Waals surface area contributed by atoms with E-state index < -0.39 is 0 Å². The first-order valence-electron chi connectivity index (χ1n) is 5.93.